The second-order valence-corrected chi connectivity index (χ2v) is 6.51. The highest BCUT2D eigenvalue weighted by Crippen LogP contribution is 2.23. The van der Waals surface area contributed by atoms with E-state index in [4.69, 9.17) is 4.74 Å². The van der Waals surface area contributed by atoms with Gasteiger partial charge in [0.05, 0.1) is 12.8 Å². The summed E-state index contributed by atoms with van der Waals surface area (Å²) in [5.74, 6) is 0.810. The highest BCUT2D eigenvalue weighted by Gasteiger charge is 2.09. The lowest BCUT2D eigenvalue weighted by Gasteiger charge is -2.09. The van der Waals surface area contributed by atoms with Crippen molar-refractivity contribution in [2.24, 2.45) is 4.99 Å². The number of aryl methyl sites for hydroxylation is 1. The topological polar surface area (TPSA) is 26.5 Å². The molecule has 2 aromatic carbocycles. The Morgan fingerprint density at radius 2 is 1.79 bits per heavy atom. The van der Waals surface area contributed by atoms with E-state index in [9.17, 15) is 0 Å². The monoisotopic (exact) mass is 382 g/mol. The molecule has 0 aliphatic carbocycles. The molecule has 0 saturated carbocycles. The van der Waals surface area contributed by atoms with Gasteiger partial charge in [-0.25, -0.2) is 0 Å². The molecule has 122 valence electrons. The molecule has 4 heteroatoms. The summed E-state index contributed by atoms with van der Waals surface area (Å²) < 4.78 is 8.55. The van der Waals surface area contributed by atoms with Gasteiger partial charge < -0.3 is 9.30 Å². The van der Waals surface area contributed by atoms with Gasteiger partial charge in [-0.15, -0.1) is 0 Å². The minimum atomic E-state index is 0.810. The second-order valence-electron chi connectivity index (χ2n) is 5.60. The number of aliphatic imine (C=N–C) groups is 1. The van der Waals surface area contributed by atoms with Crippen molar-refractivity contribution >= 4 is 27.8 Å². The van der Waals surface area contributed by atoms with Crippen LogP contribution in [0.5, 0.6) is 5.75 Å². The average molecular weight is 383 g/mol. The largest absolute Gasteiger partial charge is 0.497 e. The van der Waals surface area contributed by atoms with Gasteiger partial charge in [-0.05, 0) is 56.3 Å². The van der Waals surface area contributed by atoms with Gasteiger partial charge in [0.15, 0.2) is 0 Å². The number of rotatable bonds is 4. The first kappa shape index (κ1) is 16.5. The lowest BCUT2D eigenvalue weighted by Crippen LogP contribution is -1.99. The Balaban J connectivity index is 1.93. The first-order valence-corrected chi connectivity index (χ1v) is 8.51. The highest BCUT2D eigenvalue weighted by atomic mass is 79.9. The van der Waals surface area contributed by atoms with Gasteiger partial charge in [-0.3, -0.25) is 4.99 Å². The summed E-state index contributed by atoms with van der Waals surface area (Å²) in [6.07, 6.45) is 1.91. The van der Waals surface area contributed by atoms with E-state index in [1.165, 1.54) is 11.4 Å². The summed E-state index contributed by atoms with van der Waals surface area (Å²) in [6, 6.07) is 18.2. The van der Waals surface area contributed by atoms with Gasteiger partial charge in [0, 0.05) is 39.4 Å². The van der Waals surface area contributed by atoms with E-state index in [0.29, 0.717) is 0 Å². The van der Waals surface area contributed by atoms with Gasteiger partial charge in [-0.1, -0.05) is 22.0 Å². The summed E-state index contributed by atoms with van der Waals surface area (Å²) in [4.78, 5) is 4.58. The van der Waals surface area contributed by atoms with Crippen molar-refractivity contribution in [3.8, 4) is 11.4 Å². The molecule has 1 heterocycles. The summed E-state index contributed by atoms with van der Waals surface area (Å²) in [7, 11) is 1.66. The maximum Gasteiger partial charge on any atom is 0.121 e. The Hall–Kier alpha value is -2.33. The second kappa shape index (κ2) is 7.05. The molecule has 0 fully saturated rings. The fourth-order valence-electron chi connectivity index (χ4n) is 2.74. The summed E-state index contributed by atoms with van der Waals surface area (Å²) in [6.45, 7) is 4.22. The third-order valence-electron chi connectivity index (χ3n) is 3.96. The molecule has 0 unspecified atom stereocenters. The van der Waals surface area contributed by atoms with Crippen molar-refractivity contribution in [1.82, 2.24) is 4.57 Å². The van der Waals surface area contributed by atoms with Gasteiger partial charge >= 0.3 is 0 Å². The molecule has 0 aliphatic heterocycles. The van der Waals surface area contributed by atoms with Crippen molar-refractivity contribution in [2.75, 3.05) is 7.11 Å². The molecule has 0 atom stereocenters. The van der Waals surface area contributed by atoms with Crippen LogP contribution >= 0.6 is 15.9 Å². The Kier molecular flexibility index (Phi) is 4.86. The van der Waals surface area contributed by atoms with E-state index < -0.39 is 0 Å². The van der Waals surface area contributed by atoms with E-state index in [0.717, 1.165) is 27.2 Å². The minimum absolute atomic E-state index is 0.810. The van der Waals surface area contributed by atoms with Gasteiger partial charge in [0.25, 0.3) is 0 Å². The molecule has 0 saturated heterocycles. The third-order valence-corrected chi connectivity index (χ3v) is 4.49. The summed E-state index contributed by atoms with van der Waals surface area (Å²) in [5.41, 5.74) is 5.48. The Morgan fingerprint density at radius 1 is 1.04 bits per heavy atom. The van der Waals surface area contributed by atoms with Crippen LogP contribution in [0.15, 0.2) is 64.1 Å². The number of hydrogen-bond acceptors (Lipinski definition) is 2. The molecule has 24 heavy (non-hydrogen) atoms. The van der Waals surface area contributed by atoms with Gasteiger partial charge in [0.1, 0.15) is 5.75 Å². The van der Waals surface area contributed by atoms with Crippen molar-refractivity contribution < 1.29 is 4.74 Å². The maximum absolute atomic E-state index is 5.24. The van der Waals surface area contributed by atoms with Crippen molar-refractivity contribution in [3.05, 3.63) is 76.0 Å². The van der Waals surface area contributed by atoms with Crippen LogP contribution < -0.4 is 4.74 Å². The first-order valence-electron chi connectivity index (χ1n) is 7.71. The van der Waals surface area contributed by atoms with Crippen LogP contribution in [0.4, 0.5) is 5.69 Å². The Bertz CT molecular complexity index is 879. The fraction of sp³-hybridized carbons (Fsp3) is 0.150. The van der Waals surface area contributed by atoms with Crippen LogP contribution in [0.1, 0.15) is 17.0 Å². The number of methoxy groups -OCH3 is 1. The van der Waals surface area contributed by atoms with E-state index in [2.05, 4.69) is 69.7 Å². The normalized spacial score (nSPS) is 11.2. The summed E-state index contributed by atoms with van der Waals surface area (Å²) in [5, 5.41) is 0. The maximum atomic E-state index is 5.24. The molecule has 0 amide bonds. The molecule has 0 aliphatic rings. The molecule has 0 spiro atoms. The first-order chi connectivity index (χ1) is 11.6. The Labute approximate surface area is 150 Å². The molecule has 3 aromatic rings. The van der Waals surface area contributed by atoms with Crippen molar-refractivity contribution in [3.63, 3.8) is 0 Å². The highest BCUT2D eigenvalue weighted by molar-refractivity contribution is 9.10. The van der Waals surface area contributed by atoms with E-state index in [1.54, 1.807) is 7.11 Å². The van der Waals surface area contributed by atoms with Gasteiger partial charge in [-0.2, -0.15) is 0 Å². The molecule has 0 N–H and O–H groups in total. The number of nitrogens with zero attached hydrogens (tertiary/aromatic N) is 2. The number of benzene rings is 2. The molecular formula is C20H19BrN2O. The van der Waals surface area contributed by atoms with Crippen LogP contribution in [0.25, 0.3) is 5.69 Å². The molecular weight excluding hydrogens is 364 g/mol. The van der Waals surface area contributed by atoms with Crippen LogP contribution in [0.3, 0.4) is 0 Å². The summed E-state index contributed by atoms with van der Waals surface area (Å²) >= 11 is 3.48. The van der Waals surface area contributed by atoms with Crippen LogP contribution in [-0.4, -0.2) is 17.9 Å². The fourth-order valence-corrected chi connectivity index (χ4v) is 3.00. The number of aromatic nitrogens is 1. The van der Waals surface area contributed by atoms with Crippen LogP contribution in [-0.2, 0) is 0 Å². The number of halogens is 1. The average Bonchev–Trinajstić information content (AvgIpc) is 2.88. The smallest absolute Gasteiger partial charge is 0.121 e. The predicted molar refractivity (Wildman–Crippen MR) is 103 cm³/mol. The molecule has 0 radical (unpaired) electrons. The van der Waals surface area contributed by atoms with Crippen molar-refractivity contribution in [2.45, 2.75) is 13.8 Å². The van der Waals surface area contributed by atoms with Crippen LogP contribution in [0.2, 0.25) is 0 Å². The number of hydrogen-bond donors (Lipinski definition) is 0. The quantitative estimate of drug-likeness (QED) is 0.538. The number of ether oxygens (including phenoxy) is 1. The predicted octanol–water partition coefficient (Wildman–Crippen LogP) is 5.62. The Morgan fingerprint density at radius 3 is 2.50 bits per heavy atom. The molecule has 1 aromatic heterocycles. The zero-order valence-corrected chi connectivity index (χ0v) is 15.5. The SMILES string of the molecule is COc1cccc(N=Cc2cc(C)n(-c3ccc(Br)cc3)c2C)c1. The van der Waals surface area contributed by atoms with E-state index in [-0.39, 0.29) is 0 Å². The van der Waals surface area contributed by atoms with E-state index in [1.807, 2.05) is 30.5 Å². The van der Waals surface area contributed by atoms with Crippen molar-refractivity contribution in [1.29, 1.82) is 0 Å². The van der Waals surface area contributed by atoms with Gasteiger partial charge in [0.2, 0.25) is 0 Å². The molecule has 0 bridgehead atoms. The van der Waals surface area contributed by atoms with Crippen LogP contribution in [0, 0.1) is 13.8 Å². The lowest BCUT2D eigenvalue weighted by molar-refractivity contribution is 0.415. The standard InChI is InChI=1S/C20H19BrN2O/c1-14-11-16(13-22-18-5-4-6-20(12-18)24-3)15(2)23(14)19-9-7-17(21)8-10-19/h4-13H,1-3H3. The zero-order valence-electron chi connectivity index (χ0n) is 14.0. The minimum Gasteiger partial charge on any atom is -0.497 e. The molecule has 3 rings (SSSR count). The zero-order chi connectivity index (χ0) is 17.1. The van der Waals surface area contributed by atoms with E-state index >= 15 is 0 Å². The third kappa shape index (κ3) is 3.44. The molecule has 3 nitrogen and oxygen atoms in total. The lowest BCUT2D eigenvalue weighted by atomic mass is 10.2.